The molecule has 13 heavy (non-hydrogen) atoms. The van der Waals surface area contributed by atoms with E-state index in [-0.39, 0.29) is 6.61 Å². The molecule has 0 spiro atoms. The predicted octanol–water partition coefficient (Wildman–Crippen LogP) is 0.256. The molecular formula is C9H14N2O2. The second-order valence-electron chi connectivity index (χ2n) is 3.19. The molecule has 3 N–H and O–H groups in total. The summed E-state index contributed by atoms with van der Waals surface area (Å²) in [6.45, 7) is 1.62. The van der Waals surface area contributed by atoms with Gasteiger partial charge in [0.25, 0.3) is 0 Å². The zero-order chi connectivity index (χ0) is 9.90. The number of nitrogens with two attached hydrogens (primary N) is 1. The third-order valence-electron chi connectivity index (χ3n) is 1.94. The van der Waals surface area contributed by atoms with Crippen molar-refractivity contribution in [2.75, 3.05) is 13.7 Å². The first-order valence-corrected chi connectivity index (χ1v) is 3.99. The highest BCUT2D eigenvalue weighted by atomic mass is 16.5. The lowest BCUT2D eigenvalue weighted by Gasteiger charge is -2.21. The molecule has 1 aromatic heterocycles. The molecule has 72 valence electrons. The monoisotopic (exact) mass is 182 g/mol. The molecule has 0 aromatic carbocycles. The summed E-state index contributed by atoms with van der Waals surface area (Å²) in [7, 11) is 1.56. The molecule has 0 amide bonds. The second-order valence-corrected chi connectivity index (χ2v) is 3.19. The lowest BCUT2D eigenvalue weighted by Crippen LogP contribution is -2.37. The van der Waals surface area contributed by atoms with Gasteiger partial charge in [-0.05, 0) is 18.6 Å². The van der Waals surface area contributed by atoms with Gasteiger partial charge >= 0.3 is 0 Å². The van der Waals surface area contributed by atoms with E-state index >= 15 is 0 Å². The van der Waals surface area contributed by atoms with Crippen LogP contribution in [0.5, 0.6) is 5.75 Å². The fourth-order valence-corrected chi connectivity index (χ4v) is 0.934. The number of ether oxygens (including phenoxy) is 1. The van der Waals surface area contributed by atoms with Gasteiger partial charge in [-0.25, -0.2) is 0 Å². The first-order chi connectivity index (χ1) is 6.10. The van der Waals surface area contributed by atoms with Gasteiger partial charge in [-0.15, -0.1) is 0 Å². The molecule has 0 saturated carbocycles. The van der Waals surface area contributed by atoms with Crippen LogP contribution in [0.1, 0.15) is 12.5 Å². The Morgan fingerprint density at radius 3 is 2.85 bits per heavy atom. The molecule has 1 aromatic rings. The molecule has 0 bridgehead atoms. The summed E-state index contributed by atoms with van der Waals surface area (Å²) < 4.78 is 4.99. The van der Waals surface area contributed by atoms with Crippen molar-refractivity contribution in [2.45, 2.75) is 12.5 Å². The first-order valence-electron chi connectivity index (χ1n) is 3.99. The van der Waals surface area contributed by atoms with Crippen LogP contribution in [0.3, 0.4) is 0 Å². The third kappa shape index (κ3) is 2.17. The molecule has 1 heterocycles. The Morgan fingerprint density at radius 1 is 1.62 bits per heavy atom. The van der Waals surface area contributed by atoms with Crippen molar-refractivity contribution in [3.8, 4) is 5.75 Å². The summed E-state index contributed by atoms with van der Waals surface area (Å²) in [5.74, 6) is 0.641. The van der Waals surface area contributed by atoms with Crippen molar-refractivity contribution >= 4 is 0 Å². The Balaban J connectivity index is 3.01. The maximum atomic E-state index is 9.02. The fraction of sp³-hybridized carbons (Fsp3) is 0.444. The Labute approximate surface area is 77.4 Å². The zero-order valence-electron chi connectivity index (χ0n) is 7.82. The number of rotatable bonds is 3. The number of pyridine rings is 1. The van der Waals surface area contributed by atoms with E-state index in [0.717, 1.165) is 5.56 Å². The summed E-state index contributed by atoms with van der Waals surface area (Å²) >= 11 is 0. The van der Waals surface area contributed by atoms with E-state index in [0.29, 0.717) is 5.75 Å². The first kappa shape index (κ1) is 9.95. The van der Waals surface area contributed by atoms with Gasteiger partial charge in [-0.2, -0.15) is 0 Å². The number of hydrogen-bond acceptors (Lipinski definition) is 4. The number of hydrogen-bond donors (Lipinski definition) is 2. The van der Waals surface area contributed by atoms with Gasteiger partial charge < -0.3 is 15.6 Å². The van der Waals surface area contributed by atoms with Crippen molar-refractivity contribution in [1.29, 1.82) is 0 Å². The lowest BCUT2D eigenvalue weighted by atomic mass is 9.96. The van der Waals surface area contributed by atoms with Crippen molar-refractivity contribution < 1.29 is 9.84 Å². The quantitative estimate of drug-likeness (QED) is 0.703. The van der Waals surface area contributed by atoms with Crippen LogP contribution in [0.2, 0.25) is 0 Å². The van der Waals surface area contributed by atoms with Crippen LogP contribution < -0.4 is 10.5 Å². The van der Waals surface area contributed by atoms with Crippen LogP contribution in [0, 0.1) is 0 Å². The van der Waals surface area contributed by atoms with E-state index < -0.39 is 5.54 Å². The minimum atomic E-state index is -0.762. The normalized spacial score (nSPS) is 15.1. The van der Waals surface area contributed by atoms with Crippen molar-refractivity contribution in [3.63, 3.8) is 0 Å². The van der Waals surface area contributed by atoms with Crippen LogP contribution in [-0.2, 0) is 5.54 Å². The number of nitrogens with zero attached hydrogens (tertiary/aromatic N) is 1. The van der Waals surface area contributed by atoms with E-state index in [1.54, 1.807) is 32.5 Å². The molecule has 0 fully saturated rings. The number of aromatic nitrogens is 1. The Morgan fingerprint density at radius 2 is 2.31 bits per heavy atom. The number of aliphatic hydroxyl groups is 1. The molecule has 1 atom stereocenters. The number of aliphatic hydroxyl groups excluding tert-OH is 1. The molecule has 1 rings (SSSR count). The summed E-state index contributed by atoms with van der Waals surface area (Å²) in [6, 6.07) is 1.77. The van der Waals surface area contributed by atoms with Gasteiger partial charge in [-0.1, -0.05) is 0 Å². The summed E-state index contributed by atoms with van der Waals surface area (Å²) in [5.41, 5.74) is 5.81. The highest BCUT2D eigenvalue weighted by Crippen LogP contribution is 2.19. The van der Waals surface area contributed by atoms with E-state index in [2.05, 4.69) is 4.98 Å². The van der Waals surface area contributed by atoms with Crippen molar-refractivity contribution in [2.24, 2.45) is 5.73 Å². The van der Waals surface area contributed by atoms with Crippen LogP contribution >= 0.6 is 0 Å². The van der Waals surface area contributed by atoms with Gasteiger partial charge in [0.05, 0.1) is 25.5 Å². The average Bonchev–Trinajstić information content (AvgIpc) is 2.18. The average molecular weight is 182 g/mol. The predicted molar refractivity (Wildman–Crippen MR) is 49.4 cm³/mol. The highest BCUT2D eigenvalue weighted by Gasteiger charge is 2.20. The smallest absolute Gasteiger partial charge is 0.137 e. The van der Waals surface area contributed by atoms with Gasteiger partial charge in [-0.3, -0.25) is 4.98 Å². The van der Waals surface area contributed by atoms with E-state index in [1.165, 1.54) is 0 Å². The Bertz CT molecular complexity index is 287. The van der Waals surface area contributed by atoms with Gasteiger partial charge in [0.2, 0.25) is 0 Å². The zero-order valence-corrected chi connectivity index (χ0v) is 7.82. The molecule has 4 heteroatoms. The topological polar surface area (TPSA) is 68.4 Å². The van der Waals surface area contributed by atoms with E-state index in [9.17, 15) is 0 Å². The Kier molecular flexibility index (Phi) is 2.85. The second kappa shape index (κ2) is 3.72. The minimum absolute atomic E-state index is 0.123. The van der Waals surface area contributed by atoms with Gasteiger partial charge in [0, 0.05) is 6.20 Å². The standard InChI is InChI=1S/C9H14N2O2/c1-9(10,6-12)7-3-8(13-2)5-11-4-7/h3-5,12H,6,10H2,1-2H3/t9-/m0/s1. The molecule has 0 unspecified atom stereocenters. The molecule has 0 aliphatic rings. The SMILES string of the molecule is COc1cncc([C@@](C)(N)CO)c1. The molecule has 4 nitrogen and oxygen atoms in total. The maximum Gasteiger partial charge on any atom is 0.137 e. The molecule has 0 aliphatic heterocycles. The largest absolute Gasteiger partial charge is 0.495 e. The minimum Gasteiger partial charge on any atom is -0.495 e. The summed E-state index contributed by atoms with van der Waals surface area (Å²) in [4.78, 5) is 3.95. The van der Waals surface area contributed by atoms with Crippen LogP contribution in [0.25, 0.3) is 0 Å². The van der Waals surface area contributed by atoms with Gasteiger partial charge in [0.15, 0.2) is 0 Å². The summed E-state index contributed by atoms with van der Waals surface area (Å²) in [5, 5.41) is 9.02. The van der Waals surface area contributed by atoms with Gasteiger partial charge in [0.1, 0.15) is 5.75 Å². The summed E-state index contributed by atoms with van der Waals surface area (Å²) in [6.07, 6.45) is 3.22. The van der Waals surface area contributed by atoms with E-state index in [1.807, 2.05) is 0 Å². The highest BCUT2D eigenvalue weighted by molar-refractivity contribution is 5.28. The van der Waals surface area contributed by atoms with Crippen molar-refractivity contribution in [1.82, 2.24) is 4.98 Å². The molecular weight excluding hydrogens is 168 g/mol. The number of methoxy groups -OCH3 is 1. The molecule has 0 aliphatic carbocycles. The van der Waals surface area contributed by atoms with Crippen LogP contribution in [0.4, 0.5) is 0 Å². The van der Waals surface area contributed by atoms with Crippen LogP contribution in [-0.4, -0.2) is 23.8 Å². The third-order valence-corrected chi connectivity index (χ3v) is 1.94. The lowest BCUT2D eigenvalue weighted by molar-refractivity contribution is 0.209. The van der Waals surface area contributed by atoms with E-state index in [4.69, 9.17) is 15.6 Å². The maximum absolute atomic E-state index is 9.02. The van der Waals surface area contributed by atoms with Crippen molar-refractivity contribution in [3.05, 3.63) is 24.0 Å². The fourth-order valence-electron chi connectivity index (χ4n) is 0.934. The molecule has 0 radical (unpaired) electrons. The molecule has 0 saturated heterocycles. The van der Waals surface area contributed by atoms with Crippen LogP contribution in [0.15, 0.2) is 18.5 Å². The Hall–Kier alpha value is -1.13.